The zero-order valence-electron chi connectivity index (χ0n) is 15.3. The molecule has 0 heterocycles. The van der Waals surface area contributed by atoms with Crippen molar-refractivity contribution in [1.82, 2.24) is 4.31 Å². The van der Waals surface area contributed by atoms with Crippen molar-refractivity contribution in [2.45, 2.75) is 18.7 Å². The molecular weight excluding hydrogens is 425 g/mol. The molecule has 0 atom stereocenters. The number of carbonyl (C=O) groups excluding carboxylic acids is 2. The molecule has 0 unspecified atom stereocenters. The lowest BCUT2D eigenvalue weighted by molar-refractivity contribution is 0.0474. The van der Waals surface area contributed by atoms with E-state index in [0.29, 0.717) is 5.56 Å². The SMILES string of the molecule is CCN(CC)S(=O)(=O)c1cc(C(=O)OCC(=O)c2ccccc2)c(Cl)cc1Cl. The third kappa shape index (κ3) is 4.91. The lowest BCUT2D eigenvalue weighted by Gasteiger charge is -2.20. The Kier molecular flexibility index (Phi) is 7.60. The third-order valence-electron chi connectivity index (χ3n) is 3.99. The van der Waals surface area contributed by atoms with E-state index in [-0.39, 0.29) is 33.6 Å². The van der Waals surface area contributed by atoms with Gasteiger partial charge < -0.3 is 4.74 Å². The lowest BCUT2D eigenvalue weighted by Crippen LogP contribution is -2.31. The van der Waals surface area contributed by atoms with Gasteiger partial charge in [0, 0.05) is 18.7 Å². The second kappa shape index (κ2) is 9.52. The van der Waals surface area contributed by atoms with Gasteiger partial charge in [0.25, 0.3) is 0 Å². The first-order valence-electron chi connectivity index (χ1n) is 8.46. The van der Waals surface area contributed by atoms with E-state index in [1.54, 1.807) is 44.2 Å². The summed E-state index contributed by atoms with van der Waals surface area (Å²) in [4.78, 5) is 24.2. The van der Waals surface area contributed by atoms with Crippen LogP contribution in [0.4, 0.5) is 0 Å². The molecule has 0 radical (unpaired) electrons. The number of hydrogen-bond donors (Lipinski definition) is 0. The fourth-order valence-corrected chi connectivity index (χ4v) is 4.79. The van der Waals surface area contributed by atoms with E-state index in [2.05, 4.69) is 0 Å². The van der Waals surface area contributed by atoms with E-state index >= 15 is 0 Å². The molecule has 2 rings (SSSR count). The first kappa shape index (κ1) is 22.4. The molecule has 0 fully saturated rings. The molecule has 0 saturated heterocycles. The molecule has 0 aliphatic carbocycles. The first-order valence-corrected chi connectivity index (χ1v) is 10.7. The van der Waals surface area contributed by atoms with E-state index in [1.165, 1.54) is 10.4 Å². The van der Waals surface area contributed by atoms with Crippen molar-refractivity contribution in [2.75, 3.05) is 19.7 Å². The number of nitrogens with zero attached hydrogens (tertiary/aromatic N) is 1. The Hall–Kier alpha value is -1.93. The van der Waals surface area contributed by atoms with Gasteiger partial charge in [0.05, 0.1) is 15.6 Å². The van der Waals surface area contributed by atoms with Gasteiger partial charge in [0.1, 0.15) is 4.90 Å². The molecular formula is C19H19Cl2NO5S. The van der Waals surface area contributed by atoms with Gasteiger partial charge in [-0.2, -0.15) is 4.31 Å². The van der Waals surface area contributed by atoms with Crippen molar-refractivity contribution in [2.24, 2.45) is 0 Å². The molecule has 0 amide bonds. The van der Waals surface area contributed by atoms with Crippen LogP contribution >= 0.6 is 23.2 Å². The highest BCUT2D eigenvalue weighted by atomic mass is 35.5. The predicted octanol–water partition coefficient (Wildman–Crippen LogP) is 4.06. The molecule has 0 aliphatic heterocycles. The van der Waals surface area contributed by atoms with Crippen molar-refractivity contribution >= 4 is 45.0 Å². The zero-order valence-corrected chi connectivity index (χ0v) is 17.6. The molecule has 0 aromatic heterocycles. The molecule has 6 nitrogen and oxygen atoms in total. The molecule has 0 aliphatic rings. The Labute approximate surface area is 174 Å². The van der Waals surface area contributed by atoms with Gasteiger partial charge in [-0.3, -0.25) is 4.79 Å². The highest BCUT2D eigenvalue weighted by molar-refractivity contribution is 7.89. The quantitative estimate of drug-likeness (QED) is 0.453. The van der Waals surface area contributed by atoms with Crippen LogP contribution in [0.25, 0.3) is 0 Å². The number of sulfonamides is 1. The van der Waals surface area contributed by atoms with Crippen molar-refractivity contribution in [3.63, 3.8) is 0 Å². The topological polar surface area (TPSA) is 80.8 Å². The third-order valence-corrected chi connectivity index (χ3v) is 6.82. The van der Waals surface area contributed by atoms with Gasteiger partial charge >= 0.3 is 5.97 Å². The summed E-state index contributed by atoms with van der Waals surface area (Å²) in [5.41, 5.74) is 0.208. The summed E-state index contributed by atoms with van der Waals surface area (Å²) in [5, 5.41) is -0.172. The van der Waals surface area contributed by atoms with Gasteiger partial charge in [-0.25, -0.2) is 13.2 Å². The van der Waals surface area contributed by atoms with Gasteiger partial charge in [0.2, 0.25) is 10.0 Å². The minimum Gasteiger partial charge on any atom is -0.454 e. The van der Waals surface area contributed by atoms with Crippen molar-refractivity contribution < 1.29 is 22.7 Å². The maximum absolute atomic E-state index is 12.7. The highest BCUT2D eigenvalue weighted by Crippen LogP contribution is 2.31. The van der Waals surface area contributed by atoms with Crippen LogP contribution < -0.4 is 0 Å². The predicted molar refractivity (Wildman–Crippen MR) is 108 cm³/mol. The lowest BCUT2D eigenvalue weighted by atomic mass is 10.1. The van der Waals surface area contributed by atoms with Crippen molar-refractivity contribution in [3.05, 3.63) is 63.6 Å². The van der Waals surface area contributed by atoms with Crippen LogP contribution in [0.2, 0.25) is 10.0 Å². The number of ketones is 1. The summed E-state index contributed by atoms with van der Waals surface area (Å²) >= 11 is 12.1. The molecule has 9 heteroatoms. The first-order chi connectivity index (χ1) is 13.2. The zero-order chi connectivity index (χ0) is 20.9. The number of benzene rings is 2. The fraction of sp³-hybridized carbons (Fsp3) is 0.263. The van der Waals surface area contributed by atoms with Gasteiger partial charge in [0.15, 0.2) is 12.4 Å². The molecule has 0 saturated carbocycles. The summed E-state index contributed by atoms with van der Waals surface area (Å²) < 4.78 is 31.7. The Morgan fingerprint density at radius 2 is 1.61 bits per heavy atom. The van der Waals surface area contributed by atoms with Crippen LogP contribution in [0.1, 0.15) is 34.6 Å². The molecule has 150 valence electrons. The van der Waals surface area contributed by atoms with E-state index < -0.39 is 28.4 Å². The maximum Gasteiger partial charge on any atom is 0.340 e. The smallest absolute Gasteiger partial charge is 0.340 e. The van der Waals surface area contributed by atoms with E-state index in [9.17, 15) is 18.0 Å². The average molecular weight is 444 g/mol. The number of halogens is 2. The summed E-state index contributed by atoms with van der Waals surface area (Å²) in [6.45, 7) is 3.36. The van der Waals surface area contributed by atoms with Gasteiger partial charge in [-0.15, -0.1) is 0 Å². The van der Waals surface area contributed by atoms with Crippen LogP contribution in [0.3, 0.4) is 0 Å². The maximum atomic E-state index is 12.7. The standard InChI is InChI=1S/C19H19Cl2NO5S/c1-3-22(4-2)28(25,26)18-10-14(15(20)11-16(18)21)19(24)27-12-17(23)13-8-6-5-7-9-13/h5-11H,3-4,12H2,1-2H3. The summed E-state index contributed by atoms with van der Waals surface area (Å²) in [7, 11) is -3.91. The van der Waals surface area contributed by atoms with Gasteiger partial charge in [-0.1, -0.05) is 67.4 Å². The Bertz CT molecular complexity index is 973. The van der Waals surface area contributed by atoms with Crippen molar-refractivity contribution in [3.8, 4) is 0 Å². The number of Topliss-reactive ketones (excluding diaryl/α,β-unsaturated/α-hetero) is 1. The Morgan fingerprint density at radius 1 is 1.00 bits per heavy atom. The average Bonchev–Trinajstić information content (AvgIpc) is 2.67. The van der Waals surface area contributed by atoms with E-state index in [4.69, 9.17) is 27.9 Å². The molecule has 2 aromatic rings. The molecule has 0 N–H and O–H groups in total. The number of carbonyl (C=O) groups is 2. The normalized spacial score (nSPS) is 11.5. The summed E-state index contributed by atoms with van der Waals surface area (Å²) in [6.07, 6.45) is 0. The summed E-state index contributed by atoms with van der Waals surface area (Å²) in [6, 6.07) is 10.6. The number of hydrogen-bond acceptors (Lipinski definition) is 5. The second-order valence-electron chi connectivity index (χ2n) is 5.72. The van der Waals surface area contributed by atoms with Crippen LogP contribution in [0.5, 0.6) is 0 Å². The Balaban J connectivity index is 2.28. The van der Waals surface area contributed by atoms with Crippen LogP contribution in [-0.2, 0) is 14.8 Å². The van der Waals surface area contributed by atoms with Gasteiger partial charge in [-0.05, 0) is 12.1 Å². The minimum atomic E-state index is -3.91. The number of ether oxygens (including phenoxy) is 1. The van der Waals surface area contributed by atoms with E-state index in [1.807, 2.05) is 0 Å². The fourth-order valence-electron chi connectivity index (χ4n) is 2.50. The highest BCUT2D eigenvalue weighted by Gasteiger charge is 2.27. The number of rotatable bonds is 8. The largest absolute Gasteiger partial charge is 0.454 e. The molecule has 0 spiro atoms. The minimum absolute atomic E-state index is 0.0688. The van der Waals surface area contributed by atoms with Crippen LogP contribution in [0.15, 0.2) is 47.4 Å². The van der Waals surface area contributed by atoms with Crippen LogP contribution in [0, 0.1) is 0 Å². The number of esters is 1. The summed E-state index contributed by atoms with van der Waals surface area (Å²) in [5.74, 6) is -1.31. The Morgan fingerprint density at radius 3 is 2.18 bits per heavy atom. The molecule has 2 aromatic carbocycles. The van der Waals surface area contributed by atoms with E-state index in [0.717, 1.165) is 6.07 Å². The molecule has 0 bridgehead atoms. The monoisotopic (exact) mass is 443 g/mol. The van der Waals surface area contributed by atoms with Crippen molar-refractivity contribution in [1.29, 1.82) is 0 Å². The van der Waals surface area contributed by atoms with Crippen LogP contribution in [-0.4, -0.2) is 44.2 Å². The molecule has 28 heavy (non-hydrogen) atoms. The second-order valence-corrected chi connectivity index (χ2v) is 8.44.